The summed E-state index contributed by atoms with van der Waals surface area (Å²) in [6.07, 6.45) is 1.49. The third kappa shape index (κ3) is 3.00. The zero-order valence-electron chi connectivity index (χ0n) is 6.37. The molecule has 0 radical (unpaired) electrons. The van der Waals surface area contributed by atoms with Crippen LogP contribution in [0.15, 0.2) is 4.99 Å². The smallest absolute Gasteiger partial charge is 0.321 e. The number of amides is 3. The van der Waals surface area contributed by atoms with Crippen molar-refractivity contribution >= 4 is 18.3 Å². The number of rotatable bonds is 0. The zero-order chi connectivity index (χ0) is 8.81. The fourth-order valence-corrected chi connectivity index (χ4v) is 0.639. The number of nitrogens with one attached hydrogen (secondary N) is 2. The lowest BCUT2D eigenvalue weighted by molar-refractivity contribution is -0.117. The predicted molar refractivity (Wildman–Crippen MR) is 40.9 cm³/mol. The van der Waals surface area contributed by atoms with Gasteiger partial charge < -0.3 is 10.1 Å². The van der Waals surface area contributed by atoms with Crippen LogP contribution in [0, 0.1) is 0 Å². The Hall–Kier alpha value is -1.59. The molecule has 3 amide bonds. The van der Waals surface area contributed by atoms with Gasteiger partial charge in [0.1, 0.15) is 6.61 Å². The van der Waals surface area contributed by atoms with E-state index in [2.05, 4.69) is 15.0 Å². The Labute approximate surface area is 69.0 Å². The quantitative estimate of drug-likeness (QED) is 0.452. The van der Waals surface area contributed by atoms with Crippen molar-refractivity contribution in [2.45, 2.75) is 0 Å². The molecule has 66 valence electrons. The minimum atomic E-state index is -0.398. The van der Waals surface area contributed by atoms with Crippen molar-refractivity contribution < 1.29 is 14.3 Å². The molecule has 0 bridgehead atoms. The summed E-state index contributed by atoms with van der Waals surface area (Å²) >= 11 is 0. The fraction of sp³-hybridized carbons (Fsp3) is 0.500. The van der Waals surface area contributed by atoms with Gasteiger partial charge in [-0.2, -0.15) is 0 Å². The molecule has 2 aliphatic heterocycles. The Morgan fingerprint density at radius 3 is 2.50 bits per heavy atom. The van der Waals surface area contributed by atoms with Crippen LogP contribution in [-0.2, 0) is 9.53 Å². The van der Waals surface area contributed by atoms with Crippen LogP contribution in [0.4, 0.5) is 4.79 Å². The van der Waals surface area contributed by atoms with Gasteiger partial charge in [0.05, 0.1) is 13.1 Å². The number of aliphatic imine (C=N–C) groups is 1. The van der Waals surface area contributed by atoms with Gasteiger partial charge in [-0.15, -0.1) is 0 Å². The largest absolute Gasteiger partial charge is 0.482 e. The molecule has 6 nitrogen and oxygen atoms in total. The summed E-state index contributed by atoms with van der Waals surface area (Å²) < 4.78 is 4.65. The van der Waals surface area contributed by atoms with Crippen molar-refractivity contribution in [3.8, 4) is 0 Å². The number of imide groups is 1. The molecular formula is C6H9N3O3. The number of hydrogen-bond acceptors (Lipinski definition) is 4. The number of nitrogens with zero attached hydrogens (tertiary/aromatic N) is 1. The van der Waals surface area contributed by atoms with Crippen LogP contribution < -0.4 is 10.6 Å². The average Bonchev–Trinajstić information content (AvgIpc) is 2.63. The summed E-state index contributed by atoms with van der Waals surface area (Å²) in [5.41, 5.74) is 0. The van der Waals surface area contributed by atoms with Gasteiger partial charge in [0.25, 0.3) is 0 Å². The van der Waals surface area contributed by atoms with Crippen LogP contribution in [0.2, 0.25) is 0 Å². The van der Waals surface area contributed by atoms with Crippen LogP contribution in [0.25, 0.3) is 0 Å². The molecule has 2 aliphatic rings. The summed E-state index contributed by atoms with van der Waals surface area (Å²) in [6.45, 7) is 1.75. The molecule has 0 saturated carbocycles. The zero-order valence-corrected chi connectivity index (χ0v) is 6.37. The maximum Gasteiger partial charge on any atom is 0.321 e. The molecule has 12 heavy (non-hydrogen) atoms. The number of carbonyl (C=O) groups is 2. The first-order valence-corrected chi connectivity index (χ1v) is 3.46. The molecule has 1 saturated heterocycles. The van der Waals surface area contributed by atoms with Crippen molar-refractivity contribution in [2.24, 2.45) is 4.99 Å². The minimum absolute atomic E-state index is 0.124. The number of urea groups is 1. The summed E-state index contributed by atoms with van der Waals surface area (Å²) in [5.74, 6) is -0.259. The van der Waals surface area contributed by atoms with Crippen molar-refractivity contribution in [1.29, 1.82) is 0 Å². The molecule has 0 aliphatic carbocycles. The lowest BCUT2D eigenvalue weighted by Gasteiger charge is -1.78. The molecular weight excluding hydrogens is 162 g/mol. The second-order valence-corrected chi connectivity index (χ2v) is 2.11. The Kier molecular flexibility index (Phi) is 3.06. The highest BCUT2D eigenvalue weighted by Crippen LogP contribution is 1.78. The molecule has 0 aromatic carbocycles. The van der Waals surface area contributed by atoms with Gasteiger partial charge in [0.2, 0.25) is 5.91 Å². The van der Waals surface area contributed by atoms with Gasteiger partial charge >= 0.3 is 6.03 Å². The second kappa shape index (κ2) is 4.32. The topological polar surface area (TPSA) is 79.8 Å². The van der Waals surface area contributed by atoms with Gasteiger partial charge in [-0.25, -0.2) is 4.79 Å². The Bertz CT molecular complexity index is 194. The fourth-order valence-electron chi connectivity index (χ4n) is 0.639. The number of carbonyl (C=O) groups excluding carboxylic acids is 2. The van der Waals surface area contributed by atoms with Crippen LogP contribution >= 0.6 is 0 Å². The summed E-state index contributed by atoms with van der Waals surface area (Å²) in [5, 5.41) is 4.30. The lowest BCUT2D eigenvalue weighted by Crippen LogP contribution is -2.22. The van der Waals surface area contributed by atoms with Gasteiger partial charge in [0, 0.05) is 0 Å². The van der Waals surface area contributed by atoms with Gasteiger partial charge in [0.15, 0.2) is 6.40 Å². The van der Waals surface area contributed by atoms with Crippen LogP contribution in [0.5, 0.6) is 0 Å². The van der Waals surface area contributed by atoms with Crippen LogP contribution in [0.3, 0.4) is 0 Å². The first-order chi connectivity index (χ1) is 5.79. The van der Waals surface area contributed by atoms with E-state index in [0.717, 1.165) is 13.2 Å². The number of ether oxygens (including phenoxy) is 1. The van der Waals surface area contributed by atoms with E-state index in [0.29, 0.717) is 0 Å². The standard InChI is InChI=1S/C3H4N2O2.C3H5NO/c6-2-1-4-3(7)5-2;1-2-5-3-4-1/h1H2,(H2,4,5,6,7);3H,1-2H2. The maximum absolute atomic E-state index is 10.1. The monoisotopic (exact) mass is 171 g/mol. The molecule has 2 N–H and O–H groups in total. The van der Waals surface area contributed by atoms with Crippen molar-refractivity contribution in [1.82, 2.24) is 10.6 Å². The van der Waals surface area contributed by atoms with E-state index in [-0.39, 0.29) is 12.5 Å². The minimum Gasteiger partial charge on any atom is -0.482 e. The van der Waals surface area contributed by atoms with Gasteiger partial charge in [-0.3, -0.25) is 15.1 Å². The molecule has 0 atom stereocenters. The van der Waals surface area contributed by atoms with Gasteiger partial charge in [-0.05, 0) is 0 Å². The SMILES string of the molecule is C1=NCCO1.O=C1CNC(=O)N1. The number of hydrogen-bond donors (Lipinski definition) is 2. The van der Waals surface area contributed by atoms with Crippen molar-refractivity contribution in [3.05, 3.63) is 0 Å². The maximum atomic E-state index is 10.1. The lowest BCUT2D eigenvalue weighted by atomic mass is 10.7. The predicted octanol–water partition coefficient (Wildman–Crippen LogP) is -1.13. The molecule has 2 heterocycles. The highest BCUT2D eigenvalue weighted by molar-refractivity contribution is 6.01. The van der Waals surface area contributed by atoms with E-state index < -0.39 is 6.03 Å². The Morgan fingerprint density at radius 1 is 1.50 bits per heavy atom. The van der Waals surface area contributed by atoms with E-state index >= 15 is 0 Å². The van der Waals surface area contributed by atoms with Crippen LogP contribution in [0.1, 0.15) is 0 Å². The third-order valence-corrected chi connectivity index (χ3v) is 1.15. The summed E-state index contributed by atoms with van der Waals surface area (Å²) in [7, 11) is 0. The van der Waals surface area contributed by atoms with Crippen molar-refractivity contribution in [3.63, 3.8) is 0 Å². The molecule has 0 aromatic heterocycles. The van der Waals surface area contributed by atoms with E-state index in [9.17, 15) is 9.59 Å². The first kappa shape index (κ1) is 8.51. The molecule has 0 aromatic rings. The highest BCUT2D eigenvalue weighted by Gasteiger charge is 2.14. The van der Waals surface area contributed by atoms with Crippen molar-refractivity contribution in [2.75, 3.05) is 19.7 Å². The molecule has 0 spiro atoms. The molecule has 1 fully saturated rings. The summed E-state index contributed by atoms with van der Waals surface area (Å²) in [4.78, 5) is 23.8. The highest BCUT2D eigenvalue weighted by atomic mass is 16.5. The Balaban J connectivity index is 0.000000127. The molecule has 0 unspecified atom stereocenters. The Morgan fingerprint density at radius 2 is 2.33 bits per heavy atom. The second-order valence-electron chi connectivity index (χ2n) is 2.11. The first-order valence-electron chi connectivity index (χ1n) is 3.46. The molecule has 2 rings (SSSR count). The third-order valence-electron chi connectivity index (χ3n) is 1.15. The summed E-state index contributed by atoms with van der Waals surface area (Å²) in [6, 6.07) is -0.398. The normalized spacial score (nSPS) is 19.0. The van der Waals surface area contributed by atoms with E-state index in [4.69, 9.17) is 0 Å². The molecule has 6 heteroatoms. The van der Waals surface area contributed by atoms with Gasteiger partial charge in [-0.1, -0.05) is 0 Å². The van der Waals surface area contributed by atoms with E-state index in [1.807, 2.05) is 5.32 Å². The van der Waals surface area contributed by atoms with Crippen LogP contribution in [-0.4, -0.2) is 38.0 Å². The average molecular weight is 171 g/mol. The van der Waals surface area contributed by atoms with E-state index in [1.165, 1.54) is 6.40 Å². The van der Waals surface area contributed by atoms with E-state index in [1.54, 1.807) is 0 Å².